The minimum atomic E-state index is 0.112. The molecule has 0 unspecified atom stereocenters. The molecule has 4 rings (SSSR count). The van der Waals surface area contributed by atoms with Crippen LogP contribution in [0.3, 0.4) is 0 Å². The van der Waals surface area contributed by atoms with E-state index in [0.717, 1.165) is 25.3 Å². The Balaban J connectivity index is 1.33. The van der Waals surface area contributed by atoms with Crippen LogP contribution in [0.5, 0.6) is 5.75 Å². The van der Waals surface area contributed by atoms with E-state index in [1.165, 1.54) is 5.56 Å². The summed E-state index contributed by atoms with van der Waals surface area (Å²) in [6, 6.07) is 8.18. The number of ether oxygens (including phenoxy) is 1. The molecule has 0 bridgehead atoms. The highest BCUT2D eigenvalue weighted by Crippen LogP contribution is 2.41. The Labute approximate surface area is 128 Å². The van der Waals surface area contributed by atoms with Gasteiger partial charge in [0.15, 0.2) is 0 Å². The molecule has 114 valence electrons. The van der Waals surface area contributed by atoms with Crippen LogP contribution in [0, 0.1) is 5.41 Å². The quantitative estimate of drug-likeness (QED) is 0.852. The molecular weight excluding hydrogens is 280 g/mol. The van der Waals surface area contributed by atoms with Crippen molar-refractivity contribution in [2.45, 2.75) is 19.4 Å². The summed E-state index contributed by atoms with van der Waals surface area (Å²) in [5, 5.41) is 7.48. The normalized spacial score (nSPS) is 18.5. The molecule has 1 aromatic heterocycles. The van der Waals surface area contributed by atoms with E-state index in [0.29, 0.717) is 19.6 Å². The molecule has 2 aromatic rings. The van der Waals surface area contributed by atoms with Gasteiger partial charge in [-0.15, -0.1) is 10.2 Å². The van der Waals surface area contributed by atoms with Crippen molar-refractivity contribution in [3.05, 3.63) is 42.5 Å². The zero-order chi connectivity index (χ0) is 15.0. The van der Waals surface area contributed by atoms with E-state index in [-0.39, 0.29) is 11.3 Å². The minimum absolute atomic E-state index is 0.112. The van der Waals surface area contributed by atoms with Crippen molar-refractivity contribution in [3.8, 4) is 5.75 Å². The van der Waals surface area contributed by atoms with E-state index in [2.05, 4.69) is 16.3 Å². The molecule has 6 heteroatoms. The second-order valence-electron chi connectivity index (χ2n) is 6.27. The lowest BCUT2D eigenvalue weighted by atomic mass is 9.74. The number of likely N-dealkylation sites (tertiary alicyclic amines) is 1. The highest BCUT2D eigenvalue weighted by atomic mass is 16.5. The van der Waals surface area contributed by atoms with Gasteiger partial charge in [0, 0.05) is 31.5 Å². The molecule has 1 spiro atoms. The minimum Gasteiger partial charge on any atom is -0.493 e. The van der Waals surface area contributed by atoms with Crippen molar-refractivity contribution in [1.82, 2.24) is 19.7 Å². The Morgan fingerprint density at radius 3 is 2.82 bits per heavy atom. The first kappa shape index (κ1) is 13.3. The summed E-state index contributed by atoms with van der Waals surface area (Å²) in [5.41, 5.74) is 1.37. The van der Waals surface area contributed by atoms with Gasteiger partial charge in [0.25, 0.3) is 0 Å². The van der Waals surface area contributed by atoms with Crippen molar-refractivity contribution < 1.29 is 9.53 Å². The number of carbonyl (C=O) groups excluding carboxylic acids is 1. The number of hydrogen-bond acceptors (Lipinski definition) is 4. The molecule has 1 fully saturated rings. The molecule has 1 aromatic carbocycles. The summed E-state index contributed by atoms with van der Waals surface area (Å²) in [4.78, 5) is 14.2. The van der Waals surface area contributed by atoms with Crippen molar-refractivity contribution in [1.29, 1.82) is 0 Å². The zero-order valence-electron chi connectivity index (χ0n) is 12.3. The van der Waals surface area contributed by atoms with Crippen LogP contribution in [0.4, 0.5) is 0 Å². The van der Waals surface area contributed by atoms with Crippen LogP contribution in [-0.4, -0.2) is 45.3 Å². The van der Waals surface area contributed by atoms with Gasteiger partial charge in [-0.1, -0.05) is 18.2 Å². The molecule has 22 heavy (non-hydrogen) atoms. The van der Waals surface area contributed by atoms with E-state index < -0.39 is 0 Å². The molecule has 0 saturated carbocycles. The van der Waals surface area contributed by atoms with Gasteiger partial charge in [0.2, 0.25) is 5.91 Å². The molecule has 0 N–H and O–H groups in total. The van der Waals surface area contributed by atoms with Gasteiger partial charge < -0.3 is 14.2 Å². The SMILES string of the molecule is O=C(CCn1cnnc1)N1CC2(COc3ccccc3C2)C1. The third-order valence-electron chi connectivity index (χ3n) is 4.53. The van der Waals surface area contributed by atoms with Gasteiger partial charge in [-0.25, -0.2) is 0 Å². The first-order valence-electron chi connectivity index (χ1n) is 7.55. The smallest absolute Gasteiger partial charge is 0.224 e. The zero-order valence-corrected chi connectivity index (χ0v) is 12.3. The maximum atomic E-state index is 12.2. The average Bonchev–Trinajstić information content (AvgIpc) is 3.03. The van der Waals surface area contributed by atoms with E-state index in [4.69, 9.17) is 4.74 Å². The predicted octanol–water partition coefficient (Wildman–Crippen LogP) is 1.13. The van der Waals surface area contributed by atoms with E-state index in [9.17, 15) is 4.79 Å². The predicted molar refractivity (Wildman–Crippen MR) is 79.3 cm³/mol. The van der Waals surface area contributed by atoms with Gasteiger partial charge >= 0.3 is 0 Å². The van der Waals surface area contributed by atoms with E-state index in [1.54, 1.807) is 12.7 Å². The first-order valence-corrected chi connectivity index (χ1v) is 7.55. The second kappa shape index (κ2) is 5.12. The largest absolute Gasteiger partial charge is 0.493 e. The molecule has 1 amide bonds. The summed E-state index contributed by atoms with van der Waals surface area (Å²) >= 11 is 0. The molecule has 0 radical (unpaired) electrons. The lowest BCUT2D eigenvalue weighted by Gasteiger charge is -2.52. The molecule has 2 aliphatic heterocycles. The molecule has 1 saturated heterocycles. The fourth-order valence-electron chi connectivity index (χ4n) is 3.34. The van der Waals surface area contributed by atoms with Crippen LogP contribution in [0.1, 0.15) is 12.0 Å². The van der Waals surface area contributed by atoms with Crippen molar-refractivity contribution in [3.63, 3.8) is 0 Å². The molecule has 3 heterocycles. The Morgan fingerprint density at radius 2 is 2.00 bits per heavy atom. The number of aryl methyl sites for hydroxylation is 1. The van der Waals surface area contributed by atoms with Gasteiger partial charge in [-0.3, -0.25) is 4.79 Å². The summed E-state index contributed by atoms with van der Waals surface area (Å²) in [6.45, 7) is 2.93. The molecule has 6 nitrogen and oxygen atoms in total. The fraction of sp³-hybridized carbons (Fsp3) is 0.438. The summed E-state index contributed by atoms with van der Waals surface area (Å²) < 4.78 is 7.70. The fourth-order valence-corrected chi connectivity index (χ4v) is 3.34. The Hall–Kier alpha value is -2.37. The monoisotopic (exact) mass is 298 g/mol. The number of carbonyl (C=O) groups is 1. The Bertz CT molecular complexity index is 677. The number of aromatic nitrogens is 3. The number of hydrogen-bond donors (Lipinski definition) is 0. The number of nitrogens with zero attached hydrogens (tertiary/aromatic N) is 4. The summed E-state index contributed by atoms with van der Waals surface area (Å²) in [7, 11) is 0. The molecule has 0 atom stereocenters. The topological polar surface area (TPSA) is 60.2 Å². The van der Waals surface area contributed by atoms with Crippen LogP contribution < -0.4 is 4.74 Å². The van der Waals surface area contributed by atoms with Crippen LogP contribution in [-0.2, 0) is 17.8 Å². The number of fused-ring (bicyclic) bond motifs is 1. The van der Waals surface area contributed by atoms with Crippen molar-refractivity contribution in [2.24, 2.45) is 5.41 Å². The number of benzene rings is 1. The third-order valence-corrected chi connectivity index (χ3v) is 4.53. The Kier molecular flexibility index (Phi) is 3.10. The van der Waals surface area contributed by atoms with E-state index >= 15 is 0 Å². The standard InChI is InChI=1S/C16H18N4O2/c21-15(5-6-19-11-17-18-12-19)20-8-16(9-20)7-13-3-1-2-4-14(13)22-10-16/h1-4,11-12H,5-10H2. The van der Waals surface area contributed by atoms with Gasteiger partial charge in [0.05, 0.1) is 6.61 Å². The van der Waals surface area contributed by atoms with Gasteiger partial charge in [-0.2, -0.15) is 0 Å². The summed E-state index contributed by atoms with van der Waals surface area (Å²) in [6.07, 6.45) is 4.76. The first-order chi connectivity index (χ1) is 10.7. The van der Waals surface area contributed by atoms with E-state index in [1.807, 2.05) is 27.7 Å². The highest BCUT2D eigenvalue weighted by molar-refractivity contribution is 5.77. The average molecular weight is 298 g/mol. The summed E-state index contributed by atoms with van der Waals surface area (Å²) in [5.74, 6) is 1.18. The second-order valence-corrected chi connectivity index (χ2v) is 6.27. The maximum Gasteiger partial charge on any atom is 0.224 e. The van der Waals surface area contributed by atoms with Crippen LogP contribution in [0.25, 0.3) is 0 Å². The van der Waals surface area contributed by atoms with Gasteiger partial charge in [-0.05, 0) is 18.1 Å². The van der Waals surface area contributed by atoms with Crippen LogP contribution >= 0.6 is 0 Å². The molecule has 0 aliphatic carbocycles. The third kappa shape index (κ3) is 2.34. The molecule has 2 aliphatic rings. The van der Waals surface area contributed by atoms with Crippen molar-refractivity contribution in [2.75, 3.05) is 19.7 Å². The number of para-hydroxylation sites is 1. The van der Waals surface area contributed by atoms with Crippen LogP contribution in [0.15, 0.2) is 36.9 Å². The number of rotatable bonds is 3. The lowest BCUT2D eigenvalue weighted by molar-refractivity contribution is -0.146. The molecular formula is C16H18N4O2. The maximum absolute atomic E-state index is 12.2. The van der Waals surface area contributed by atoms with Gasteiger partial charge in [0.1, 0.15) is 18.4 Å². The lowest BCUT2D eigenvalue weighted by Crippen LogP contribution is -2.62. The number of amides is 1. The van der Waals surface area contributed by atoms with Crippen LogP contribution in [0.2, 0.25) is 0 Å². The highest BCUT2D eigenvalue weighted by Gasteiger charge is 2.47. The Morgan fingerprint density at radius 1 is 1.23 bits per heavy atom. The van der Waals surface area contributed by atoms with Crippen molar-refractivity contribution >= 4 is 5.91 Å².